The molecule has 0 saturated carbocycles. The van der Waals surface area contributed by atoms with Crippen LogP contribution < -0.4 is 4.72 Å². The van der Waals surface area contributed by atoms with E-state index in [4.69, 9.17) is 0 Å². The van der Waals surface area contributed by atoms with Crippen molar-refractivity contribution in [1.82, 2.24) is 14.3 Å². The summed E-state index contributed by atoms with van der Waals surface area (Å²) >= 11 is 0. The topological polar surface area (TPSA) is 64.0 Å². The SMILES string of the molecule is CCCc1ccc(S(=O)(=O)NCc2nc3cccc(C)c3n2C)cc1. The van der Waals surface area contributed by atoms with Crippen LogP contribution in [0.5, 0.6) is 0 Å². The lowest BCUT2D eigenvalue weighted by Crippen LogP contribution is -2.24. The zero-order chi connectivity index (χ0) is 18.0. The van der Waals surface area contributed by atoms with Crippen LogP contribution in [0.15, 0.2) is 47.4 Å². The molecule has 0 amide bonds. The summed E-state index contributed by atoms with van der Waals surface area (Å²) in [6.45, 7) is 4.28. The van der Waals surface area contributed by atoms with Gasteiger partial charge in [0.25, 0.3) is 0 Å². The average Bonchev–Trinajstić information content (AvgIpc) is 2.91. The molecular weight excluding hydrogens is 334 g/mol. The number of hydrogen-bond acceptors (Lipinski definition) is 3. The number of imidazole rings is 1. The number of aromatic nitrogens is 2. The predicted octanol–water partition coefficient (Wildman–Crippen LogP) is 3.31. The van der Waals surface area contributed by atoms with Gasteiger partial charge in [-0.15, -0.1) is 0 Å². The molecule has 2 aromatic carbocycles. The van der Waals surface area contributed by atoms with Gasteiger partial charge in [-0.3, -0.25) is 0 Å². The summed E-state index contributed by atoms with van der Waals surface area (Å²) in [7, 11) is -1.65. The number of rotatable bonds is 6. The van der Waals surface area contributed by atoms with Gasteiger partial charge in [-0.05, 0) is 42.7 Å². The van der Waals surface area contributed by atoms with Crippen LogP contribution in [0.1, 0.15) is 30.3 Å². The third kappa shape index (κ3) is 3.60. The molecule has 0 saturated heterocycles. The maximum Gasteiger partial charge on any atom is 0.240 e. The fourth-order valence-electron chi connectivity index (χ4n) is 3.04. The summed E-state index contributed by atoms with van der Waals surface area (Å²) in [5.41, 5.74) is 4.17. The first-order valence-corrected chi connectivity index (χ1v) is 9.90. The highest BCUT2D eigenvalue weighted by atomic mass is 32.2. The quantitative estimate of drug-likeness (QED) is 0.736. The number of nitrogens with zero attached hydrogens (tertiary/aromatic N) is 2. The van der Waals surface area contributed by atoms with Crippen LogP contribution in [0.3, 0.4) is 0 Å². The highest BCUT2D eigenvalue weighted by Crippen LogP contribution is 2.19. The highest BCUT2D eigenvalue weighted by Gasteiger charge is 2.16. The fraction of sp³-hybridized carbons (Fsp3) is 0.316. The second-order valence-corrected chi connectivity index (χ2v) is 8.02. The molecule has 1 N–H and O–H groups in total. The lowest BCUT2D eigenvalue weighted by Gasteiger charge is -2.08. The molecule has 0 aliphatic carbocycles. The van der Waals surface area contributed by atoms with Gasteiger partial charge in [-0.25, -0.2) is 18.1 Å². The third-order valence-electron chi connectivity index (χ3n) is 4.38. The van der Waals surface area contributed by atoms with E-state index in [1.807, 2.05) is 48.9 Å². The highest BCUT2D eigenvalue weighted by molar-refractivity contribution is 7.89. The van der Waals surface area contributed by atoms with Crippen LogP contribution in [0.2, 0.25) is 0 Å². The van der Waals surface area contributed by atoms with Gasteiger partial charge in [0.1, 0.15) is 5.82 Å². The van der Waals surface area contributed by atoms with E-state index in [-0.39, 0.29) is 11.4 Å². The summed E-state index contributed by atoms with van der Waals surface area (Å²) in [4.78, 5) is 4.82. The second-order valence-electron chi connectivity index (χ2n) is 6.25. The molecule has 6 heteroatoms. The van der Waals surface area contributed by atoms with E-state index in [9.17, 15) is 8.42 Å². The molecule has 0 spiro atoms. The van der Waals surface area contributed by atoms with Crippen molar-refractivity contribution in [1.29, 1.82) is 0 Å². The summed E-state index contributed by atoms with van der Waals surface area (Å²) in [6, 6.07) is 13.0. The van der Waals surface area contributed by atoms with E-state index in [1.54, 1.807) is 12.1 Å². The molecule has 0 atom stereocenters. The first-order chi connectivity index (χ1) is 11.9. The summed E-state index contributed by atoms with van der Waals surface area (Å²) in [5, 5.41) is 0. The van der Waals surface area contributed by atoms with E-state index in [0.717, 1.165) is 35.0 Å². The molecule has 3 rings (SSSR count). The Balaban J connectivity index is 1.80. The van der Waals surface area contributed by atoms with Gasteiger partial charge >= 0.3 is 0 Å². The Labute approximate surface area is 148 Å². The van der Waals surface area contributed by atoms with Crippen molar-refractivity contribution in [2.24, 2.45) is 7.05 Å². The van der Waals surface area contributed by atoms with Crippen molar-refractivity contribution in [3.63, 3.8) is 0 Å². The minimum atomic E-state index is -3.56. The van der Waals surface area contributed by atoms with Crippen molar-refractivity contribution in [3.8, 4) is 0 Å². The maximum atomic E-state index is 12.5. The third-order valence-corrected chi connectivity index (χ3v) is 5.80. The van der Waals surface area contributed by atoms with Crippen molar-refractivity contribution in [3.05, 3.63) is 59.4 Å². The van der Waals surface area contributed by atoms with Crippen molar-refractivity contribution in [2.45, 2.75) is 38.1 Å². The number of para-hydroxylation sites is 1. The standard InChI is InChI=1S/C19H23N3O2S/c1-4-6-15-9-11-16(12-10-15)25(23,24)20-13-18-21-17-8-5-7-14(2)19(17)22(18)3/h5,7-12,20H,4,6,13H2,1-3H3. The molecule has 1 heterocycles. The van der Waals surface area contributed by atoms with Gasteiger partial charge in [0.05, 0.1) is 22.5 Å². The van der Waals surface area contributed by atoms with Gasteiger partial charge < -0.3 is 4.57 Å². The Morgan fingerprint density at radius 2 is 1.84 bits per heavy atom. The van der Waals surface area contributed by atoms with Crippen LogP contribution >= 0.6 is 0 Å². The van der Waals surface area contributed by atoms with Crippen molar-refractivity contribution < 1.29 is 8.42 Å². The number of aryl methyl sites for hydroxylation is 3. The van der Waals surface area contributed by atoms with E-state index in [0.29, 0.717) is 5.82 Å². The van der Waals surface area contributed by atoms with Gasteiger partial charge in [0, 0.05) is 7.05 Å². The van der Waals surface area contributed by atoms with Crippen molar-refractivity contribution >= 4 is 21.1 Å². The molecule has 25 heavy (non-hydrogen) atoms. The fourth-order valence-corrected chi connectivity index (χ4v) is 4.02. The normalized spacial score (nSPS) is 12.0. The largest absolute Gasteiger partial charge is 0.330 e. The first kappa shape index (κ1) is 17.6. The monoisotopic (exact) mass is 357 g/mol. The molecule has 0 aliphatic rings. The van der Waals surface area contributed by atoms with Crippen LogP contribution in [0, 0.1) is 6.92 Å². The van der Waals surface area contributed by atoms with Crippen LogP contribution in [-0.4, -0.2) is 18.0 Å². The smallest absolute Gasteiger partial charge is 0.240 e. The Bertz CT molecular complexity index is 989. The summed E-state index contributed by atoms with van der Waals surface area (Å²) in [5.74, 6) is 0.690. The Morgan fingerprint density at radius 3 is 2.48 bits per heavy atom. The first-order valence-electron chi connectivity index (χ1n) is 8.42. The van der Waals surface area contributed by atoms with E-state index < -0.39 is 10.0 Å². The maximum absolute atomic E-state index is 12.5. The number of sulfonamides is 1. The number of benzene rings is 2. The zero-order valence-electron chi connectivity index (χ0n) is 14.8. The molecule has 0 unspecified atom stereocenters. The van der Waals surface area contributed by atoms with Crippen LogP contribution in [0.4, 0.5) is 0 Å². The van der Waals surface area contributed by atoms with Gasteiger partial charge in [-0.1, -0.05) is 37.6 Å². The lowest BCUT2D eigenvalue weighted by molar-refractivity contribution is 0.578. The van der Waals surface area contributed by atoms with Gasteiger partial charge in [-0.2, -0.15) is 0 Å². The molecule has 0 radical (unpaired) electrons. The predicted molar refractivity (Wildman–Crippen MR) is 99.9 cm³/mol. The molecule has 132 valence electrons. The van der Waals surface area contributed by atoms with Gasteiger partial charge in [0.2, 0.25) is 10.0 Å². The number of hydrogen-bond donors (Lipinski definition) is 1. The van der Waals surface area contributed by atoms with E-state index in [1.165, 1.54) is 0 Å². The van der Waals surface area contributed by atoms with E-state index >= 15 is 0 Å². The Hall–Kier alpha value is -2.18. The molecule has 5 nitrogen and oxygen atoms in total. The number of fused-ring (bicyclic) bond motifs is 1. The van der Waals surface area contributed by atoms with Crippen LogP contribution in [-0.2, 0) is 30.0 Å². The van der Waals surface area contributed by atoms with E-state index in [2.05, 4.69) is 16.6 Å². The average molecular weight is 357 g/mol. The van der Waals surface area contributed by atoms with Crippen LogP contribution in [0.25, 0.3) is 11.0 Å². The molecule has 0 bridgehead atoms. The molecule has 3 aromatic rings. The van der Waals surface area contributed by atoms with Gasteiger partial charge in [0.15, 0.2) is 0 Å². The second kappa shape index (κ2) is 6.98. The van der Waals surface area contributed by atoms with Crippen molar-refractivity contribution in [2.75, 3.05) is 0 Å². The zero-order valence-corrected chi connectivity index (χ0v) is 15.6. The minimum Gasteiger partial charge on any atom is -0.330 e. The Morgan fingerprint density at radius 1 is 1.12 bits per heavy atom. The summed E-state index contributed by atoms with van der Waals surface area (Å²) in [6.07, 6.45) is 1.99. The lowest BCUT2D eigenvalue weighted by atomic mass is 10.1. The molecule has 1 aromatic heterocycles. The molecule has 0 fully saturated rings. The number of nitrogens with one attached hydrogen (secondary N) is 1. The molecular formula is C19H23N3O2S. The minimum absolute atomic E-state index is 0.156. The summed E-state index contributed by atoms with van der Waals surface area (Å²) < 4.78 is 29.6. The molecule has 0 aliphatic heterocycles. The Kier molecular flexibility index (Phi) is 4.92.